The summed E-state index contributed by atoms with van der Waals surface area (Å²) in [5.41, 5.74) is 1.50. The van der Waals surface area contributed by atoms with Gasteiger partial charge in [-0.15, -0.1) is 0 Å². The summed E-state index contributed by atoms with van der Waals surface area (Å²) in [4.78, 5) is 31.0. The van der Waals surface area contributed by atoms with Gasteiger partial charge in [0.25, 0.3) is 6.01 Å². The zero-order valence-electron chi connectivity index (χ0n) is 22.5. The van der Waals surface area contributed by atoms with E-state index in [9.17, 15) is 9.59 Å². The fourth-order valence-corrected chi connectivity index (χ4v) is 5.76. The molecule has 2 fully saturated rings. The predicted molar refractivity (Wildman–Crippen MR) is 146 cm³/mol. The van der Waals surface area contributed by atoms with Gasteiger partial charge in [-0.3, -0.25) is 9.59 Å². The Balaban J connectivity index is 1.34. The number of halogens is 3. The van der Waals surface area contributed by atoms with Gasteiger partial charge in [-0.2, -0.15) is 9.37 Å². The second-order valence-corrected chi connectivity index (χ2v) is 10.8. The molecule has 0 radical (unpaired) electrons. The van der Waals surface area contributed by atoms with E-state index in [1.54, 1.807) is 6.07 Å². The first-order chi connectivity index (χ1) is 19.2. The molecule has 5 rings (SSSR count). The van der Waals surface area contributed by atoms with E-state index in [1.165, 1.54) is 24.1 Å². The molecule has 1 N–H and O–H groups in total. The van der Waals surface area contributed by atoms with Crippen LogP contribution in [-0.2, 0) is 25.5 Å². The van der Waals surface area contributed by atoms with Gasteiger partial charge in [-0.1, -0.05) is 29.8 Å². The molecule has 2 aromatic carbocycles. The Morgan fingerprint density at radius 3 is 2.58 bits per heavy atom. The maximum Gasteiger partial charge on any atom is 0.330 e. The molecule has 214 valence electrons. The van der Waals surface area contributed by atoms with Crippen molar-refractivity contribution in [3.63, 3.8) is 0 Å². The molecule has 40 heavy (non-hydrogen) atoms. The van der Waals surface area contributed by atoms with E-state index in [1.807, 2.05) is 19.1 Å². The third-order valence-electron chi connectivity index (χ3n) is 7.77. The quantitative estimate of drug-likeness (QED) is 0.236. The van der Waals surface area contributed by atoms with E-state index < -0.39 is 30.1 Å². The summed E-state index contributed by atoms with van der Waals surface area (Å²) in [5.74, 6) is -4.92. The number of hydrogen-bond donors (Lipinski definition) is 1. The van der Waals surface area contributed by atoms with Gasteiger partial charge in [-0.25, -0.2) is 9.29 Å². The number of fused-ring (bicyclic) bond motifs is 1. The highest BCUT2D eigenvalue weighted by Gasteiger charge is 2.49. The minimum Gasteiger partial charge on any atom is -0.469 e. The molecular formula is C29H32ClF2N3O5. The number of ketones is 1. The summed E-state index contributed by atoms with van der Waals surface area (Å²) in [7, 11) is 1.34. The van der Waals surface area contributed by atoms with Crippen LogP contribution in [0.25, 0.3) is 11.1 Å². The molecule has 1 aromatic heterocycles. The van der Waals surface area contributed by atoms with Crippen LogP contribution in [-0.4, -0.2) is 53.9 Å². The molecule has 0 amide bonds. The largest absolute Gasteiger partial charge is 0.469 e. The van der Waals surface area contributed by atoms with Gasteiger partial charge in [0.2, 0.25) is 5.78 Å². The minimum absolute atomic E-state index is 0.0201. The number of methoxy groups -OCH3 is 1. The number of carbonyl (C=O) groups excluding carboxylic acids is 2. The molecule has 3 aromatic rings. The van der Waals surface area contributed by atoms with Crippen molar-refractivity contribution in [3.8, 4) is 0 Å². The maximum atomic E-state index is 16.5. The van der Waals surface area contributed by atoms with Crippen molar-refractivity contribution in [1.82, 2.24) is 9.88 Å². The Morgan fingerprint density at radius 2 is 1.90 bits per heavy atom. The zero-order valence-corrected chi connectivity index (χ0v) is 23.2. The van der Waals surface area contributed by atoms with E-state index in [-0.39, 0.29) is 34.6 Å². The van der Waals surface area contributed by atoms with Crippen LogP contribution in [0.3, 0.4) is 0 Å². The second-order valence-electron chi connectivity index (χ2n) is 10.4. The number of alkyl halides is 1. The number of likely N-dealkylation sites (tertiary alicyclic amines) is 1. The second kappa shape index (κ2) is 11.8. The number of carbonyl (C=O) groups is 2. The third-order valence-corrected chi connectivity index (χ3v) is 8.09. The van der Waals surface area contributed by atoms with Gasteiger partial charge in [0.1, 0.15) is 5.52 Å². The number of anilines is 2. The lowest BCUT2D eigenvalue weighted by Crippen LogP contribution is -2.54. The maximum absolute atomic E-state index is 16.5. The van der Waals surface area contributed by atoms with Gasteiger partial charge in [-0.05, 0) is 68.7 Å². The topological polar surface area (TPSA) is 93.9 Å². The number of ether oxygens (including phenoxy) is 2. The van der Waals surface area contributed by atoms with Crippen molar-refractivity contribution in [1.29, 1.82) is 0 Å². The highest BCUT2D eigenvalue weighted by molar-refractivity contribution is 6.33. The van der Waals surface area contributed by atoms with Crippen molar-refractivity contribution in [2.24, 2.45) is 5.92 Å². The Morgan fingerprint density at radius 1 is 1.18 bits per heavy atom. The first kappa shape index (κ1) is 28.4. The normalized spacial score (nSPS) is 21.3. The average Bonchev–Trinajstić information content (AvgIpc) is 3.63. The Hall–Kier alpha value is -3.08. The minimum atomic E-state index is -2.70. The average molecular weight is 576 g/mol. The lowest BCUT2D eigenvalue weighted by Gasteiger charge is -2.37. The van der Waals surface area contributed by atoms with Gasteiger partial charge >= 0.3 is 11.9 Å². The molecule has 1 aliphatic heterocycles. The van der Waals surface area contributed by atoms with E-state index in [4.69, 9.17) is 25.5 Å². The first-order valence-electron chi connectivity index (χ1n) is 13.5. The molecule has 1 saturated heterocycles. The summed E-state index contributed by atoms with van der Waals surface area (Å²) in [5, 5.41) is 3.43. The Bertz CT molecular complexity index is 1380. The van der Waals surface area contributed by atoms with Gasteiger partial charge in [0.15, 0.2) is 11.4 Å². The highest BCUT2D eigenvalue weighted by Crippen LogP contribution is 2.36. The molecule has 2 heterocycles. The molecule has 1 aliphatic carbocycles. The van der Waals surface area contributed by atoms with Crippen LogP contribution < -0.4 is 5.32 Å². The van der Waals surface area contributed by atoms with Crippen LogP contribution in [0.2, 0.25) is 5.02 Å². The number of esters is 1. The molecule has 8 nitrogen and oxygen atoms in total. The SMILES string of the molecule is COC(=O)C1CCC(OC(F)(C(=O)Cc2ccc3nc(Nc4c(C)cccc4Cl)oc3c2F)N2CCCC2)CC1. The van der Waals surface area contributed by atoms with Gasteiger partial charge in [0.05, 0.1) is 29.8 Å². The fourth-order valence-electron chi connectivity index (χ4n) is 5.50. The van der Waals surface area contributed by atoms with Gasteiger partial charge < -0.3 is 19.2 Å². The predicted octanol–water partition coefficient (Wildman–Crippen LogP) is 6.25. The van der Waals surface area contributed by atoms with Crippen molar-refractivity contribution in [2.45, 2.75) is 64.0 Å². The third kappa shape index (κ3) is 5.70. The molecular weight excluding hydrogens is 544 g/mol. The zero-order chi connectivity index (χ0) is 28.4. The Kier molecular flexibility index (Phi) is 8.39. The highest BCUT2D eigenvalue weighted by atomic mass is 35.5. The van der Waals surface area contributed by atoms with E-state index in [2.05, 4.69) is 10.3 Å². The summed E-state index contributed by atoms with van der Waals surface area (Å²) in [6, 6.07) is 8.35. The van der Waals surface area contributed by atoms with Gasteiger partial charge in [0, 0.05) is 19.5 Å². The number of Topliss-reactive ketones (excluding diaryl/α,β-unsaturated/α-hetero) is 1. The first-order valence-corrected chi connectivity index (χ1v) is 13.9. The number of hydrogen-bond acceptors (Lipinski definition) is 8. The van der Waals surface area contributed by atoms with Crippen LogP contribution in [0, 0.1) is 18.7 Å². The molecule has 0 bridgehead atoms. The molecule has 0 spiro atoms. The van der Waals surface area contributed by atoms with Crippen molar-refractivity contribution >= 4 is 46.2 Å². The lowest BCUT2D eigenvalue weighted by molar-refractivity contribution is -0.252. The number of nitrogens with zero attached hydrogens (tertiary/aromatic N) is 2. The Labute approximate surface area is 236 Å². The van der Waals surface area contributed by atoms with Crippen LogP contribution >= 0.6 is 11.6 Å². The molecule has 1 atom stereocenters. The number of para-hydroxylation sites is 1. The summed E-state index contributed by atoms with van der Waals surface area (Å²) < 4.78 is 48.4. The van der Waals surface area contributed by atoms with Crippen LogP contribution in [0.4, 0.5) is 20.5 Å². The summed E-state index contributed by atoms with van der Waals surface area (Å²) in [6.45, 7) is 2.58. The van der Waals surface area contributed by atoms with E-state index >= 15 is 8.78 Å². The smallest absolute Gasteiger partial charge is 0.330 e. The standard InChI is InChI=1S/C29H32ClF2N3O5/c1-17-6-5-7-21(30)25(17)34-28-33-22-13-10-19(24(31)26(22)39-28)16-23(36)29(32,35-14-3-4-15-35)40-20-11-8-18(9-12-20)27(37)38-2/h5-7,10,13,18,20H,3-4,8-9,11-12,14-16H2,1-2H3,(H,33,34). The molecule has 11 heteroatoms. The fraction of sp³-hybridized carbons (Fsp3) is 0.483. The molecule has 1 saturated carbocycles. The number of benzene rings is 2. The van der Waals surface area contributed by atoms with E-state index in [0.29, 0.717) is 49.5 Å². The van der Waals surface area contributed by atoms with Crippen LogP contribution in [0.5, 0.6) is 0 Å². The molecule has 2 aliphatic rings. The lowest BCUT2D eigenvalue weighted by atomic mass is 9.87. The van der Waals surface area contributed by atoms with Crippen molar-refractivity contribution in [2.75, 3.05) is 25.5 Å². The van der Waals surface area contributed by atoms with Crippen LogP contribution in [0.15, 0.2) is 34.7 Å². The number of aromatic nitrogens is 1. The summed E-state index contributed by atoms with van der Waals surface area (Å²) >= 11 is 6.27. The number of rotatable bonds is 9. The number of oxazole rings is 1. The number of nitrogens with one attached hydrogen (secondary N) is 1. The number of aryl methyl sites for hydroxylation is 1. The monoisotopic (exact) mass is 575 g/mol. The van der Waals surface area contributed by atoms with Crippen LogP contribution in [0.1, 0.15) is 49.7 Å². The molecule has 1 unspecified atom stereocenters. The van der Waals surface area contributed by atoms with Crippen molar-refractivity contribution < 1.29 is 32.3 Å². The van der Waals surface area contributed by atoms with Crippen molar-refractivity contribution in [3.05, 3.63) is 52.3 Å². The van der Waals surface area contributed by atoms with E-state index in [0.717, 1.165) is 18.4 Å². The summed E-state index contributed by atoms with van der Waals surface area (Å²) in [6.07, 6.45) is 2.22.